The second-order valence-corrected chi connectivity index (χ2v) is 9.20. The Morgan fingerprint density at radius 2 is 1.00 bits per heavy atom. The SMILES string of the molecule is O=C(OC(c1ccccc1)c1ccccc1)N1CCC(F)(C(=O)OC(c2ccccc2)c2ccccc2)C1=O. The molecule has 1 fully saturated rings. The molecule has 0 bridgehead atoms. The van der Waals surface area contributed by atoms with E-state index in [9.17, 15) is 14.4 Å². The maximum Gasteiger partial charge on any atom is 0.417 e. The zero-order valence-electron chi connectivity index (χ0n) is 21.0. The summed E-state index contributed by atoms with van der Waals surface area (Å²) in [6, 6.07) is 35.8. The van der Waals surface area contributed by atoms with Crippen LogP contribution >= 0.6 is 0 Å². The topological polar surface area (TPSA) is 72.9 Å². The molecule has 1 aliphatic heterocycles. The van der Waals surface area contributed by atoms with E-state index in [4.69, 9.17) is 9.47 Å². The summed E-state index contributed by atoms with van der Waals surface area (Å²) in [6.07, 6.45) is -3.32. The van der Waals surface area contributed by atoms with Crippen molar-refractivity contribution in [2.45, 2.75) is 24.3 Å². The van der Waals surface area contributed by atoms with Crippen LogP contribution in [-0.4, -0.2) is 35.1 Å². The van der Waals surface area contributed by atoms with Gasteiger partial charge < -0.3 is 9.47 Å². The van der Waals surface area contributed by atoms with E-state index in [2.05, 4.69) is 0 Å². The van der Waals surface area contributed by atoms with E-state index in [-0.39, 0.29) is 6.54 Å². The Balaban J connectivity index is 1.35. The quantitative estimate of drug-likeness (QED) is 0.214. The molecule has 1 aliphatic rings. The van der Waals surface area contributed by atoms with Crippen LogP contribution in [0.15, 0.2) is 121 Å². The zero-order valence-corrected chi connectivity index (χ0v) is 21.0. The van der Waals surface area contributed by atoms with Gasteiger partial charge in [-0.2, -0.15) is 0 Å². The molecule has 7 heteroatoms. The van der Waals surface area contributed by atoms with E-state index in [1.165, 1.54) is 0 Å². The van der Waals surface area contributed by atoms with Crippen LogP contribution in [0.1, 0.15) is 40.9 Å². The lowest BCUT2D eigenvalue weighted by atomic mass is 10.0. The molecular formula is C32H26FNO5. The van der Waals surface area contributed by atoms with E-state index in [1.54, 1.807) is 97.1 Å². The molecule has 0 radical (unpaired) electrons. The number of carbonyl (C=O) groups is 3. The van der Waals surface area contributed by atoms with Crippen LogP contribution in [-0.2, 0) is 19.1 Å². The van der Waals surface area contributed by atoms with Gasteiger partial charge >= 0.3 is 12.1 Å². The number of hydrogen-bond donors (Lipinski definition) is 0. The summed E-state index contributed by atoms with van der Waals surface area (Å²) in [5.41, 5.74) is -0.409. The minimum absolute atomic E-state index is 0.319. The lowest BCUT2D eigenvalue weighted by molar-refractivity contribution is -0.166. The number of imide groups is 1. The van der Waals surface area contributed by atoms with Crippen LogP contribution in [0.3, 0.4) is 0 Å². The first-order valence-corrected chi connectivity index (χ1v) is 12.6. The number of halogens is 1. The fourth-order valence-electron chi connectivity index (χ4n) is 4.59. The summed E-state index contributed by atoms with van der Waals surface area (Å²) < 4.78 is 27.3. The average Bonchev–Trinajstić information content (AvgIpc) is 3.31. The molecule has 2 amide bonds. The van der Waals surface area contributed by atoms with Gasteiger partial charge in [0.05, 0.1) is 0 Å². The van der Waals surface area contributed by atoms with Gasteiger partial charge in [0.25, 0.3) is 11.6 Å². The fourth-order valence-corrected chi connectivity index (χ4v) is 4.59. The molecule has 1 saturated heterocycles. The molecule has 5 rings (SSSR count). The molecule has 6 nitrogen and oxygen atoms in total. The predicted molar refractivity (Wildman–Crippen MR) is 142 cm³/mol. The van der Waals surface area contributed by atoms with Crippen molar-refractivity contribution >= 4 is 18.0 Å². The smallest absolute Gasteiger partial charge is 0.417 e. The van der Waals surface area contributed by atoms with Crippen molar-refractivity contribution in [2.24, 2.45) is 0 Å². The highest BCUT2D eigenvalue weighted by Gasteiger charge is 2.58. The number of esters is 1. The Hall–Kier alpha value is -4.78. The third-order valence-corrected chi connectivity index (χ3v) is 6.66. The van der Waals surface area contributed by atoms with Gasteiger partial charge in [-0.25, -0.2) is 18.9 Å². The molecule has 0 aromatic heterocycles. The molecule has 4 aromatic rings. The molecule has 0 aliphatic carbocycles. The third-order valence-electron chi connectivity index (χ3n) is 6.66. The number of likely N-dealkylation sites (tertiary alicyclic amines) is 1. The minimum atomic E-state index is -3.02. The monoisotopic (exact) mass is 523 g/mol. The van der Waals surface area contributed by atoms with Gasteiger partial charge in [0.1, 0.15) is 0 Å². The highest BCUT2D eigenvalue weighted by atomic mass is 19.1. The maximum absolute atomic E-state index is 16.0. The molecule has 196 valence electrons. The molecule has 0 N–H and O–H groups in total. The van der Waals surface area contributed by atoms with Gasteiger partial charge in [0.2, 0.25) is 0 Å². The van der Waals surface area contributed by atoms with Gasteiger partial charge in [-0.3, -0.25) is 4.79 Å². The van der Waals surface area contributed by atoms with Crippen molar-refractivity contribution in [3.8, 4) is 0 Å². The minimum Gasteiger partial charge on any atom is -0.450 e. The Morgan fingerprint density at radius 1 is 0.641 bits per heavy atom. The van der Waals surface area contributed by atoms with E-state index >= 15 is 4.39 Å². The lowest BCUT2D eigenvalue weighted by Crippen LogP contribution is -2.46. The van der Waals surface area contributed by atoms with E-state index < -0.39 is 42.3 Å². The summed E-state index contributed by atoms with van der Waals surface area (Å²) in [5.74, 6) is -2.64. The van der Waals surface area contributed by atoms with Crippen molar-refractivity contribution in [3.05, 3.63) is 144 Å². The van der Waals surface area contributed by atoms with Crippen LogP contribution in [0.5, 0.6) is 0 Å². The molecule has 0 saturated carbocycles. The van der Waals surface area contributed by atoms with Gasteiger partial charge in [-0.1, -0.05) is 121 Å². The lowest BCUT2D eigenvalue weighted by Gasteiger charge is -2.24. The first-order chi connectivity index (χ1) is 19.0. The normalized spacial score (nSPS) is 16.9. The number of rotatable bonds is 7. The van der Waals surface area contributed by atoms with Crippen molar-refractivity contribution < 1.29 is 28.2 Å². The van der Waals surface area contributed by atoms with Crippen molar-refractivity contribution in [2.75, 3.05) is 6.54 Å². The van der Waals surface area contributed by atoms with E-state index in [0.717, 1.165) is 0 Å². The second-order valence-electron chi connectivity index (χ2n) is 9.20. The van der Waals surface area contributed by atoms with Gasteiger partial charge in [-0.15, -0.1) is 0 Å². The van der Waals surface area contributed by atoms with Crippen LogP contribution in [0, 0.1) is 0 Å². The highest BCUT2D eigenvalue weighted by Crippen LogP contribution is 2.35. The Kier molecular flexibility index (Phi) is 7.50. The van der Waals surface area contributed by atoms with Gasteiger partial charge in [0.15, 0.2) is 12.2 Å². The summed E-state index contributed by atoms with van der Waals surface area (Å²) in [7, 11) is 0. The Bertz CT molecular complexity index is 1350. The fraction of sp³-hybridized carbons (Fsp3) is 0.156. The first-order valence-electron chi connectivity index (χ1n) is 12.6. The number of ether oxygens (including phenoxy) is 2. The van der Waals surface area contributed by atoms with Gasteiger partial charge in [0, 0.05) is 13.0 Å². The summed E-state index contributed by atoms with van der Waals surface area (Å²) in [4.78, 5) is 40.1. The molecule has 0 spiro atoms. The number of alkyl halides is 1. The number of amides is 2. The second kappa shape index (κ2) is 11.3. The van der Waals surface area contributed by atoms with E-state index in [1.807, 2.05) is 24.3 Å². The van der Waals surface area contributed by atoms with Crippen LogP contribution in [0.4, 0.5) is 9.18 Å². The van der Waals surface area contributed by atoms with Crippen molar-refractivity contribution in [3.63, 3.8) is 0 Å². The third kappa shape index (κ3) is 5.43. The summed E-state index contributed by atoms with van der Waals surface area (Å²) in [5, 5.41) is 0. The number of benzene rings is 4. The Morgan fingerprint density at radius 3 is 1.38 bits per heavy atom. The van der Waals surface area contributed by atoms with Gasteiger partial charge in [-0.05, 0) is 22.3 Å². The molecule has 39 heavy (non-hydrogen) atoms. The summed E-state index contributed by atoms with van der Waals surface area (Å²) >= 11 is 0. The number of carbonyl (C=O) groups excluding carboxylic acids is 3. The molecular weight excluding hydrogens is 497 g/mol. The predicted octanol–water partition coefficient (Wildman–Crippen LogP) is 6.19. The zero-order chi connectivity index (χ0) is 27.2. The van der Waals surface area contributed by atoms with Crippen molar-refractivity contribution in [1.82, 2.24) is 4.90 Å². The maximum atomic E-state index is 16.0. The van der Waals surface area contributed by atoms with Crippen molar-refractivity contribution in [1.29, 1.82) is 0 Å². The largest absolute Gasteiger partial charge is 0.450 e. The molecule has 4 aromatic carbocycles. The van der Waals surface area contributed by atoms with Crippen LogP contribution < -0.4 is 0 Å². The standard InChI is InChI=1S/C32H26FNO5/c33-32(30(36)38-27(23-13-5-1-6-14-23)24-15-7-2-8-16-24)21-22-34(29(32)35)31(37)39-28(25-17-9-3-10-18-25)26-19-11-4-12-20-26/h1-20,27-28H,21-22H2. The Labute approximate surface area is 225 Å². The molecule has 1 atom stereocenters. The molecule has 1 unspecified atom stereocenters. The number of hydrogen-bond acceptors (Lipinski definition) is 5. The first kappa shape index (κ1) is 25.9. The highest BCUT2D eigenvalue weighted by molar-refractivity contribution is 6.12. The number of nitrogens with zero attached hydrogens (tertiary/aromatic N) is 1. The summed E-state index contributed by atoms with van der Waals surface area (Å²) in [6.45, 7) is -0.319. The molecule has 1 heterocycles. The van der Waals surface area contributed by atoms with Crippen LogP contribution in [0.25, 0.3) is 0 Å². The van der Waals surface area contributed by atoms with E-state index in [0.29, 0.717) is 27.2 Å². The van der Waals surface area contributed by atoms with Crippen LogP contribution in [0.2, 0.25) is 0 Å². The average molecular weight is 524 g/mol.